The van der Waals surface area contributed by atoms with Crippen LogP contribution < -0.4 is 4.74 Å². The Kier molecular flexibility index (Phi) is 9.90. The van der Waals surface area contributed by atoms with Gasteiger partial charge in [0.25, 0.3) is 5.91 Å². The molecule has 0 atom stereocenters. The fraction of sp³-hybridized carbons (Fsp3) is 0.290. The number of halogens is 2. The van der Waals surface area contributed by atoms with Gasteiger partial charge in [-0.05, 0) is 66.4 Å². The molecule has 0 aliphatic carbocycles. The summed E-state index contributed by atoms with van der Waals surface area (Å²) in [4.78, 5) is 33.9. The number of nitrogens with one attached hydrogen (secondary N) is 1. The van der Waals surface area contributed by atoms with E-state index in [1.165, 1.54) is 0 Å². The Morgan fingerprint density at radius 2 is 1.69 bits per heavy atom. The standard InChI is InChI=1S/C31H33Cl2N3O3/c1-3-4-16-36(31(38)23-10-12-25(39-2)13-11-23)21-30(37)35(20-22-9-14-27(32)28(33)18-22)17-15-24-19-34-29-8-6-5-7-26(24)29/h5-14,18-19,34H,3-4,15-17,20-21H2,1-2H3. The van der Waals surface area contributed by atoms with Gasteiger partial charge in [-0.1, -0.05) is 60.8 Å². The highest BCUT2D eigenvalue weighted by Crippen LogP contribution is 2.24. The predicted octanol–water partition coefficient (Wildman–Crippen LogP) is 7.00. The van der Waals surface area contributed by atoms with E-state index in [1.807, 2.05) is 30.5 Å². The minimum absolute atomic E-state index is 0.0138. The van der Waals surface area contributed by atoms with Crippen LogP contribution in [0.4, 0.5) is 0 Å². The topological polar surface area (TPSA) is 65.6 Å². The lowest BCUT2D eigenvalue weighted by atomic mass is 10.1. The molecule has 0 bridgehead atoms. The first-order valence-corrected chi connectivity index (χ1v) is 13.8. The number of aromatic nitrogens is 1. The molecule has 204 valence electrons. The molecule has 6 nitrogen and oxygen atoms in total. The molecule has 4 aromatic rings. The van der Waals surface area contributed by atoms with E-state index >= 15 is 0 Å². The quantitative estimate of drug-likeness (QED) is 0.201. The number of hydrogen-bond donors (Lipinski definition) is 1. The second-order valence-electron chi connectivity index (χ2n) is 9.48. The van der Waals surface area contributed by atoms with Gasteiger partial charge in [0.15, 0.2) is 0 Å². The van der Waals surface area contributed by atoms with Crippen LogP contribution in [0, 0.1) is 0 Å². The number of rotatable bonds is 12. The average molecular weight is 567 g/mol. The van der Waals surface area contributed by atoms with Crippen molar-refractivity contribution in [1.29, 1.82) is 0 Å². The number of carbonyl (C=O) groups excluding carboxylic acids is 2. The lowest BCUT2D eigenvalue weighted by molar-refractivity contribution is -0.132. The van der Waals surface area contributed by atoms with Crippen molar-refractivity contribution in [3.05, 3.63) is 99.7 Å². The molecule has 0 aliphatic heterocycles. The number of benzene rings is 3. The van der Waals surface area contributed by atoms with Gasteiger partial charge in [-0.3, -0.25) is 9.59 Å². The number of unbranched alkanes of at least 4 members (excludes halogenated alkanes) is 1. The molecule has 1 heterocycles. The highest BCUT2D eigenvalue weighted by atomic mass is 35.5. The largest absolute Gasteiger partial charge is 0.497 e. The van der Waals surface area contributed by atoms with E-state index in [0.29, 0.717) is 47.4 Å². The number of carbonyl (C=O) groups is 2. The van der Waals surface area contributed by atoms with Crippen molar-refractivity contribution < 1.29 is 14.3 Å². The van der Waals surface area contributed by atoms with E-state index in [9.17, 15) is 9.59 Å². The number of methoxy groups -OCH3 is 1. The number of hydrogen-bond acceptors (Lipinski definition) is 3. The minimum atomic E-state index is -0.175. The second kappa shape index (κ2) is 13.5. The number of nitrogens with zero attached hydrogens (tertiary/aromatic N) is 2. The fourth-order valence-corrected chi connectivity index (χ4v) is 4.85. The van der Waals surface area contributed by atoms with Crippen LogP contribution >= 0.6 is 23.2 Å². The zero-order valence-electron chi connectivity index (χ0n) is 22.3. The monoisotopic (exact) mass is 565 g/mol. The van der Waals surface area contributed by atoms with E-state index in [-0.39, 0.29) is 18.4 Å². The van der Waals surface area contributed by atoms with Crippen molar-refractivity contribution in [2.45, 2.75) is 32.7 Å². The van der Waals surface area contributed by atoms with Crippen LogP contribution in [0.2, 0.25) is 10.0 Å². The number of amides is 2. The Bertz CT molecular complexity index is 1420. The summed E-state index contributed by atoms with van der Waals surface area (Å²) in [6.07, 6.45) is 4.37. The molecule has 0 aliphatic rings. The van der Waals surface area contributed by atoms with Crippen molar-refractivity contribution >= 4 is 45.9 Å². The molecular formula is C31H33Cl2N3O3. The average Bonchev–Trinajstić information content (AvgIpc) is 3.37. The molecule has 2 amide bonds. The third kappa shape index (κ3) is 7.34. The summed E-state index contributed by atoms with van der Waals surface area (Å²) in [5.41, 5.74) is 3.59. The summed E-state index contributed by atoms with van der Waals surface area (Å²) >= 11 is 12.4. The molecule has 1 aromatic heterocycles. The smallest absolute Gasteiger partial charge is 0.254 e. The van der Waals surface area contributed by atoms with E-state index in [0.717, 1.165) is 34.9 Å². The molecule has 0 fully saturated rings. The van der Waals surface area contributed by atoms with Gasteiger partial charge in [0.1, 0.15) is 12.3 Å². The highest BCUT2D eigenvalue weighted by molar-refractivity contribution is 6.42. The summed E-state index contributed by atoms with van der Waals surface area (Å²) in [6.45, 7) is 3.39. The normalized spacial score (nSPS) is 11.0. The van der Waals surface area contributed by atoms with Gasteiger partial charge in [0.05, 0.1) is 17.2 Å². The van der Waals surface area contributed by atoms with Crippen molar-refractivity contribution in [1.82, 2.24) is 14.8 Å². The summed E-state index contributed by atoms with van der Waals surface area (Å²) in [7, 11) is 1.59. The van der Waals surface area contributed by atoms with Gasteiger partial charge in [-0.2, -0.15) is 0 Å². The SMILES string of the molecule is CCCCN(CC(=O)N(CCc1c[nH]c2ccccc12)Cc1ccc(Cl)c(Cl)c1)C(=O)c1ccc(OC)cc1. The molecule has 0 spiro atoms. The van der Waals surface area contributed by atoms with Crippen LogP contribution in [0.15, 0.2) is 72.9 Å². The van der Waals surface area contributed by atoms with Crippen LogP contribution in [-0.4, -0.2) is 53.3 Å². The Balaban J connectivity index is 1.55. The summed E-state index contributed by atoms with van der Waals surface area (Å²) < 4.78 is 5.22. The summed E-state index contributed by atoms with van der Waals surface area (Å²) in [6, 6.07) is 20.5. The Morgan fingerprint density at radius 3 is 2.41 bits per heavy atom. The first kappa shape index (κ1) is 28.5. The first-order valence-electron chi connectivity index (χ1n) is 13.1. The number of para-hydroxylation sites is 1. The van der Waals surface area contributed by atoms with Crippen molar-refractivity contribution in [3.8, 4) is 5.75 Å². The lowest BCUT2D eigenvalue weighted by Crippen LogP contribution is -2.43. The van der Waals surface area contributed by atoms with E-state index in [4.69, 9.17) is 27.9 Å². The second-order valence-corrected chi connectivity index (χ2v) is 10.3. The number of ether oxygens (including phenoxy) is 1. The van der Waals surface area contributed by atoms with Gasteiger partial charge in [-0.25, -0.2) is 0 Å². The Labute approximate surface area is 239 Å². The van der Waals surface area contributed by atoms with Crippen molar-refractivity contribution in [2.75, 3.05) is 26.7 Å². The first-order chi connectivity index (χ1) is 18.9. The van der Waals surface area contributed by atoms with Crippen LogP contribution in [0.25, 0.3) is 10.9 Å². The molecule has 4 rings (SSSR count). The molecule has 39 heavy (non-hydrogen) atoms. The van der Waals surface area contributed by atoms with Crippen molar-refractivity contribution in [3.63, 3.8) is 0 Å². The lowest BCUT2D eigenvalue weighted by Gasteiger charge is -2.28. The summed E-state index contributed by atoms with van der Waals surface area (Å²) in [5.74, 6) is 0.372. The van der Waals surface area contributed by atoms with E-state index < -0.39 is 0 Å². The number of H-pyrrole nitrogens is 1. The number of fused-ring (bicyclic) bond motifs is 1. The molecule has 3 aromatic carbocycles. The Hall–Kier alpha value is -3.48. The fourth-order valence-electron chi connectivity index (χ4n) is 4.52. The van der Waals surface area contributed by atoms with Crippen LogP contribution in [0.5, 0.6) is 5.75 Å². The van der Waals surface area contributed by atoms with Crippen molar-refractivity contribution in [2.24, 2.45) is 0 Å². The highest BCUT2D eigenvalue weighted by Gasteiger charge is 2.23. The molecule has 0 unspecified atom stereocenters. The Morgan fingerprint density at radius 1 is 0.923 bits per heavy atom. The molecular weight excluding hydrogens is 533 g/mol. The third-order valence-corrected chi connectivity index (χ3v) is 7.51. The molecule has 0 saturated carbocycles. The third-order valence-electron chi connectivity index (χ3n) is 6.77. The maximum atomic E-state index is 13.8. The van der Waals surface area contributed by atoms with Gasteiger partial charge in [0, 0.05) is 42.3 Å². The van der Waals surface area contributed by atoms with E-state index in [2.05, 4.69) is 18.0 Å². The van der Waals surface area contributed by atoms with Crippen LogP contribution in [-0.2, 0) is 17.8 Å². The van der Waals surface area contributed by atoms with Gasteiger partial charge in [-0.15, -0.1) is 0 Å². The van der Waals surface area contributed by atoms with Gasteiger partial charge >= 0.3 is 0 Å². The van der Waals surface area contributed by atoms with Crippen LogP contribution in [0.3, 0.4) is 0 Å². The molecule has 8 heteroatoms. The maximum absolute atomic E-state index is 13.8. The molecule has 0 saturated heterocycles. The zero-order chi connectivity index (χ0) is 27.8. The molecule has 1 N–H and O–H groups in total. The van der Waals surface area contributed by atoms with Gasteiger partial charge in [0.2, 0.25) is 5.91 Å². The zero-order valence-corrected chi connectivity index (χ0v) is 23.8. The number of aromatic amines is 1. The maximum Gasteiger partial charge on any atom is 0.254 e. The minimum Gasteiger partial charge on any atom is -0.497 e. The van der Waals surface area contributed by atoms with E-state index in [1.54, 1.807) is 53.3 Å². The van der Waals surface area contributed by atoms with Crippen LogP contribution in [0.1, 0.15) is 41.3 Å². The molecule has 0 radical (unpaired) electrons. The predicted molar refractivity (Wildman–Crippen MR) is 158 cm³/mol. The summed E-state index contributed by atoms with van der Waals surface area (Å²) in [5, 5.41) is 2.05. The van der Waals surface area contributed by atoms with Gasteiger partial charge < -0.3 is 19.5 Å².